The highest BCUT2D eigenvalue weighted by atomic mass is 16.2. The molecule has 3 rings (SSSR count). The van der Waals surface area contributed by atoms with Gasteiger partial charge < -0.3 is 16.0 Å². The van der Waals surface area contributed by atoms with Crippen LogP contribution in [-0.4, -0.2) is 24.3 Å². The van der Waals surface area contributed by atoms with Gasteiger partial charge in [-0.3, -0.25) is 14.4 Å². The normalized spacial score (nSPS) is 17.1. The summed E-state index contributed by atoms with van der Waals surface area (Å²) >= 11 is 0. The maximum atomic E-state index is 12.0. The van der Waals surface area contributed by atoms with Crippen LogP contribution < -0.4 is 16.0 Å². The van der Waals surface area contributed by atoms with Crippen molar-refractivity contribution in [2.24, 2.45) is 5.92 Å². The third-order valence-electron chi connectivity index (χ3n) is 4.66. The van der Waals surface area contributed by atoms with Gasteiger partial charge in [-0.25, -0.2) is 0 Å². The second kappa shape index (κ2) is 7.47. The fourth-order valence-corrected chi connectivity index (χ4v) is 3.42. The van der Waals surface area contributed by atoms with Crippen molar-refractivity contribution in [2.45, 2.75) is 44.9 Å². The predicted molar refractivity (Wildman–Crippen MR) is 91.6 cm³/mol. The molecule has 0 spiro atoms. The first kappa shape index (κ1) is 16.5. The number of benzene rings is 1. The lowest BCUT2D eigenvalue weighted by Gasteiger charge is -2.20. The molecule has 0 unspecified atom stereocenters. The Kier molecular flexibility index (Phi) is 5.13. The van der Waals surface area contributed by atoms with Crippen LogP contribution in [0, 0.1) is 5.92 Å². The Labute approximate surface area is 141 Å². The summed E-state index contributed by atoms with van der Waals surface area (Å²) in [5, 5.41) is 8.19. The topological polar surface area (TPSA) is 87.3 Å². The zero-order chi connectivity index (χ0) is 16.9. The number of nitrogens with one attached hydrogen (secondary N) is 3. The molecule has 1 heterocycles. The van der Waals surface area contributed by atoms with Crippen LogP contribution in [-0.2, 0) is 20.8 Å². The van der Waals surface area contributed by atoms with Crippen molar-refractivity contribution in [1.29, 1.82) is 0 Å². The average molecular weight is 329 g/mol. The predicted octanol–water partition coefficient (Wildman–Crippen LogP) is 2.21. The Morgan fingerprint density at radius 3 is 2.71 bits per heavy atom. The zero-order valence-corrected chi connectivity index (χ0v) is 13.7. The Morgan fingerprint density at radius 2 is 1.92 bits per heavy atom. The molecule has 3 N–H and O–H groups in total. The number of carbonyl (C=O) groups is 3. The molecule has 0 aromatic heterocycles. The van der Waals surface area contributed by atoms with Gasteiger partial charge in [0.1, 0.15) is 0 Å². The van der Waals surface area contributed by atoms with E-state index in [0.717, 1.165) is 24.1 Å². The van der Waals surface area contributed by atoms with Crippen molar-refractivity contribution in [1.82, 2.24) is 5.32 Å². The van der Waals surface area contributed by atoms with Gasteiger partial charge in [-0.05, 0) is 42.5 Å². The second-order valence-corrected chi connectivity index (χ2v) is 6.63. The fourth-order valence-electron chi connectivity index (χ4n) is 3.42. The molecule has 0 bridgehead atoms. The molecule has 1 saturated carbocycles. The molecule has 1 aromatic carbocycles. The maximum absolute atomic E-state index is 12.0. The van der Waals surface area contributed by atoms with Gasteiger partial charge in [-0.2, -0.15) is 0 Å². The van der Waals surface area contributed by atoms with Crippen molar-refractivity contribution >= 4 is 29.1 Å². The SMILES string of the molecule is O=C(CC1CCCCC1)NCC(=O)Nc1ccc2c(c1)CC(=O)N2. The van der Waals surface area contributed by atoms with E-state index in [1.165, 1.54) is 19.3 Å². The molecule has 0 saturated heterocycles. The van der Waals surface area contributed by atoms with Gasteiger partial charge in [0, 0.05) is 17.8 Å². The van der Waals surface area contributed by atoms with Crippen LogP contribution in [0.4, 0.5) is 11.4 Å². The van der Waals surface area contributed by atoms with E-state index >= 15 is 0 Å². The molecular weight excluding hydrogens is 306 g/mol. The zero-order valence-electron chi connectivity index (χ0n) is 13.7. The summed E-state index contributed by atoms with van der Waals surface area (Å²) in [5.74, 6) is 0.108. The van der Waals surface area contributed by atoms with E-state index in [1.807, 2.05) is 0 Å². The van der Waals surface area contributed by atoms with Gasteiger partial charge in [0.05, 0.1) is 13.0 Å². The van der Waals surface area contributed by atoms with Crippen LogP contribution in [0.1, 0.15) is 44.1 Å². The summed E-state index contributed by atoms with van der Waals surface area (Å²) in [7, 11) is 0. The molecule has 2 aliphatic rings. The van der Waals surface area contributed by atoms with Gasteiger partial charge in [0.25, 0.3) is 0 Å². The monoisotopic (exact) mass is 329 g/mol. The smallest absolute Gasteiger partial charge is 0.243 e. The van der Waals surface area contributed by atoms with Crippen LogP contribution in [0.5, 0.6) is 0 Å². The van der Waals surface area contributed by atoms with Crippen molar-refractivity contribution < 1.29 is 14.4 Å². The Morgan fingerprint density at radius 1 is 1.12 bits per heavy atom. The molecular formula is C18H23N3O3. The lowest BCUT2D eigenvalue weighted by Crippen LogP contribution is -2.34. The van der Waals surface area contributed by atoms with E-state index in [0.29, 0.717) is 24.4 Å². The second-order valence-electron chi connectivity index (χ2n) is 6.63. The first-order valence-electron chi connectivity index (χ1n) is 8.59. The molecule has 1 fully saturated rings. The lowest BCUT2D eigenvalue weighted by atomic mass is 9.87. The standard InChI is InChI=1S/C18H23N3O3/c22-16(8-12-4-2-1-3-5-12)19-11-18(24)20-14-6-7-15-13(9-14)10-17(23)21-15/h6-7,9,12H,1-5,8,10-11H2,(H,19,22)(H,20,24)(H,21,23). The molecule has 6 nitrogen and oxygen atoms in total. The summed E-state index contributed by atoms with van der Waals surface area (Å²) in [4.78, 5) is 35.2. The molecule has 0 radical (unpaired) electrons. The minimum Gasteiger partial charge on any atom is -0.347 e. The van der Waals surface area contributed by atoms with E-state index in [4.69, 9.17) is 0 Å². The first-order chi connectivity index (χ1) is 11.6. The first-order valence-corrected chi connectivity index (χ1v) is 8.59. The van der Waals surface area contributed by atoms with E-state index in [1.54, 1.807) is 18.2 Å². The molecule has 1 aliphatic carbocycles. The molecule has 3 amide bonds. The largest absolute Gasteiger partial charge is 0.347 e. The molecule has 0 atom stereocenters. The molecule has 24 heavy (non-hydrogen) atoms. The third kappa shape index (κ3) is 4.34. The van der Waals surface area contributed by atoms with E-state index in [-0.39, 0.29) is 24.3 Å². The van der Waals surface area contributed by atoms with Gasteiger partial charge in [0.15, 0.2) is 0 Å². The average Bonchev–Trinajstić information content (AvgIpc) is 2.93. The number of anilines is 2. The van der Waals surface area contributed by atoms with E-state index in [9.17, 15) is 14.4 Å². The number of fused-ring (bicyclic) bond motifs is 1. The number of rotatable bonds is 5. The summed E-state index contributed by atoms with van der Waals surface area (Å²) in [5.41, 5.74) is 2.30. The van der Waals surface area contributed by atoms with Crippen LogP contribution >= 0.6 is 0 Å². The van der Waals surface area contributed by atoms with Crippen molar-refractivity contribution in [3.8, 4) is 0 Å². The van der Waals surface area contributed by atoms with Gasteiger partial charge in [-0.1, -0.05) is 19.3 Å². The van der Waals surface area contributed by atoms with E-state index < -0.39 is 0 Å². The van der Waals surface area contributed by atoms with Gasteiger partial charge in [-0.15, -0.1) is 0 Å². The van der Waals surface area contributed by atoms with Crippen molar-refractivity contribution in [2.75, 3.05) is 17.2 Å². The highest BCUT2D eigenvalue weighted by molar-refractivity contribution is 6.00. The summed E-state index contributed by atoms with van der Waals surface area (Å²) < 4.78 is 0. The minimum absolute atomic E-state index is 0.0280. The van der Waals surface area contributed by atoms with Crippen LogP contribution in [0.3, 0.4) is 0 Å². The van der Waals surface area contributed by atoms with Crippen molar-refractivity contribution in [3.05, 3.63) is 23.8 Å². The Bertz CT molecular complexity index is 651. The quantitative estimate of drug-likeness (QED) is 0.774. The van der Waals surface area contributed by atoms with Crippen LogP contribution in [0.2, 0.25) is 0 Å². The summed E-state index contributed by atoms with van der Waals surface area (Å²) in [6, 6.07) is 5.30. The Balaban J connectivity index is 1.43. The molecule has 1 aliphatic heterocycles. The number of hydrogen-bond acceptors (Lipinski definition) is 3. The fraction of sp³-hybridized carbons (Fsp3) is 0.500. The highest BCUT2D eigenvalue weighted by Gasteiger charge is 2.19. The van der Waals surface area contributed by atoms with Gasteiger partial charge >= 0.3 is 0 Å². The highest BCUT2D eigenvalue weighted by Crippen LogP contribution is 2.26. The Hall–Kier alpha value is -2.37. The van der Waals surface area contributed by atoms with Gasteiger partial charge in [0.2, 0.25) is 17.7 Å². The minimum atomic E-state index is -0.260. The van der Waals surface area contributed by atoms with Crippen LogP contribution in [0.25, 0.3) is 0 Å². The number of carbonyl (C=O) groups excluding carboxylic acids is 3. The van der Waals surface area contributed by atoms with E-state index in [2.05, 4.69) is 16.0 Å². The molecule has 6 heteroatoms. The molecule has 128 valence electrons. The van der Waals surface area contributed by atoms with Crippen molar-refractivity contribution in [3.63, 3.8) is 0 Å². The third-order valence-corrected chi connectivity index (χ3v) is 4.66. The lowest BCUT2D eigenvalue weighted by molar-refractivity contribution is -0.125. The maximum Gasteiger partial charge on any atom is 0.243 e. The summed E-state index contributed by atoms with van der Waals surface area (Å²) in [6.07, 6.45) is 6.74. The van der Waals surface area contributed by atoms with Crippen LogP contribution in [0.15, 0.2) is 18.2 Å². The number of hydrogen-bond donors (Lipinski definition) is 3. The number of amides is 3. The molecule has 1 aromatic rings. The summed E-state index contributed by atoms with van der Waals surface area (Å²) in [6.45, 7) is -0.0280.